The Bertz CT molecular complexity index is 996. The summed E-state index contributed by atoms with van der Waals surface area (Å²) in [5.74, 6) is 0.454. The number of hydrogen-bond donors (Lipinski definition) is 1. The number of hydrogen-bond acceptors (Lipinski definition) is 6. The van der Waals surface area contributed by atoms with Gasteiger partial charge in [-0.3, -0.25) is 9.78 Å². The zero-order valence-electron chi connectivity index (χ0n) is 14.8. The smallest absolute Gasteiger partial charge is 0.337 e. The SMILES string of the molecule is CC1=C(C)/C(=N\Oc2nc3oc(=O)cc(CCC(C)C)c3c(=O)[nH]2)C1. The molecule has 0 radical (unpaired) electrons. The molecule has 1 N–H and O–H groups in total. The van der Waals surface area contributed by atoms with Crippen LogP contribution in [0.2, 0.25) is 0 Å². The van der Waals surface area contributed by atoms with Crippen LogP contribution in [-0.4, -0.2) is 15.7 Å². The maximum atomic E-state index is 12.4. The molecule has 0 bridgehead atoms. The van der Waals surface area contributed by atoms with E-state index < -0.39 is 11.2 Å². The number of aryl methyl sites for hydroxylation is 1. The van der Waals surface area contributed by atoms with E-state index in [0.717, 1.165) is 24.1 Å². The zero-order chi connectivity index (χ0) is 18.1. The molecule has 0 amide bonds. The van der Waals surface area contributed by atoms with Gasteiger partial charge in [-0.2, -0.15) is 4.98 Å². The normalized spacial score (nSPS) is 16.0. The number of aromatic amines is 1. The van der Waals surface area contributed by atoms with Crippen LogP contribution in [0, 0.1) is 5.92 Å². The highest BCUT2D eigenvalue weighted by Crippen LogP contribution is 2.24. The number of rotatable bonds is 5. The second-order valence-corrected chi connectivity index (χ2v) is 6.79. The Balaban J connectivity index is 1.97. The highest BCUT2D eigenvalue weighted by molar-refractivity contribution is 6.07. The topological polar surface area (TPSA) is 97.5 Å². The van der Waals surface area contributed by atoms with Crippen molar-refractivity contribution >= 4 is 16.8 Å². The van der Waals surface area contributed by atoms with Crippen LogP contribution in [0.25, 0.3) is 11.1 Å². The maximum Gasteiger partial charge on any atom is 0.337 e. The van der Waals surface area contributed by atoms with Crippen molar-refractivity contribution in [1.82, 2.24) is 9.97 Å². The lowest BCUT2D eigenvalue weighted by Gasteiger charge is -2.18. The van der Waals surface area contributed by atoms with E-state index in [-0.39, 0.29) is 17.1 Å². The summed E-state index contributed by atoms with van der Waals surface area (Å²) >= 11 is 0. The Kier molecular flexibility index (Phi) is 4.57. The van der Waals surface area contributed by atoms with Crippen LogP contribution in [0.5, 0.6) is 6.01 Å². The minimum Gasteiger partial charge on any atom is -0.403 e. The molecular weight excluding hydrogens is 322 g/mol. The molecule has 0 unspecified atom stereocenters. The van der Waals surface area contributed by atoms with E-state index in [2.05, 4.69) is 29.0 Å². The Morgan fingerprint density at radius 2 is 2.12 bits per heavy atom. The molecule has 2 aromatic rings. The molecule has 0 fully saturated rings. The summed E-state index contributed by atoms with van der Waals surface area (Å²) in [7, 11) is 0. The maximum absolute atomic E-state index is 12.4. The van der Waals surface area contributed by atoms with Crippen molar-refractivity contribution in [2.24, 2.45) is 11.1 Å². The fraction of sp³-hybridized carbons (Fsp3) is 0.444. The standard InChI is InChI=1S/C18H21N3O4/c1-9(2)5-6-12-8-14(22)24-17-15(12)16(23)19-18(20-17)25-21-13-7-10(3)11(13)4/h8-9H,5-7H2,1-4H3,(H,19,20,23)/b21-13-. The molecule has 132 valence electrons. The van der Waals surface area contributed by atoms with Gasteiger partial charge in [0.25, 0.3) is 5.56 Å². The lowest BCUT2D eigenvalue weighted by Crippen LogP contribution is -2.17. The molecule has 0 saturated heterocycles. The molecular formula is C18H21N3O4. The van der Waals surface area contributed by atoms with Crippen molar-refractivity contribution < 1.29 is 9.25 Å². The van der Waals surface area contributed by atoms with Crippen molar-refractivity contribution in [3.63, 3.8) is 0 Å². The Morgan fingerprint density at radius 1 is 1.36 bits per heavy atom. The van der Waals surface area contributed by atoms with Gasteiger partial charge in [0, 0.05) is 12.5 Å². The highest BCUT2D eigenvalue weighted by Gasteiger charge is 2.19. The fourth-order valence-corrected chi connectivity index (χ4v) is 2.67. The second-order valence-electron chi connectivity index (χ2n) is 6.79. The van der Waals surface area contributed by atoms with Gasteiger partial charge in [0.15, 0.2) is 0 Å². The van der Waals surface area contributed by atoms with Crippen molar-refractivity contribution in [2.75, 3.05) is 0 Å². The third-order valence-corrected chi connectivity index (χ3v) is 4.41. The van der Waals surface area contributed by atoms with E-state index in [4.69, 9.17) is 9.25 Å². The fourth-order valence-electron chi connectivity index (χ4n) is 2.67. The van der Waals surface area contributed by atoms with Crippen LogP contribution in [0.1, 0.15) is 46.1 Å². The highest BCUT2D eigenvalue weighted by atomic mass is 16.6. The summed E-state index contributed by atoms with van der Waals surface area (Å²) in [6, 6.07) is 1.26. The van der Waals surface area contributed by atoms with Gasteiger partial charge in [0.2, 0.25) is 5.71 Å². The van der Waals surface area contributed by atoms with Crippen LogP contribution in [0.15, 0.2) is 36.4 Å². The predicted octanol–water partition coefficient (Wildman–Crippen LogP) is 2.94. The van der Waals surface area contributed by atoms with E-state index >= 15 is 0 Å². The summed E-state index contributed by atoms with van der Waals surface area (Å²) in [5.41, 5.74) is 2.82. The molecule has 0 saturated carbocycles. The monoisotopic (exact) mass is 343 g/mol. The van der Waals surface area contributed by atoms with E-state index in [0.29, 0.717) is 17.9 Å². The largest absolute Gasteiger partial charge is 0.403 e. The quantitative estimate of drug-likeness (QED) is 0.842. The van der Waals surface area contributed by atoms with E-state index in [1.807, 2.05) is 13.8 Å². The summed E-state index contributed by atoms with van der Waals surface area (Å²) in [6.07, 6.45) is 2.21. The average Bonchev–Trinajstić information content (AvgIpc) is 2.55. The molecule has 0 aliphatic heterocycles. The molecule has 0 aromatic carbocycles. The Labute approximate surface area is 144 Å². The van der Waals surface area contributed by atoms with E-state index in [9.17, 15) is 9.59 Å². The lowest BCUT2D eigenvalue weighted by molar-refractivity contribution is 0.309. The van der Waals surface area contributed by atoms with Crippen LogP contribution < -0.4 is 16.0 Å². The first-order valence-electron chi connectivity index (χ1n) is 8.32. The van der Waals surface area contributed by atoms with Crippen molar-refractivity contribution in [1.29, 1.82) is 0 Å². The van der Waals surface area contributed by atoms with Gasteiger partial charge in [-0.25, -0.2) is 4.79 Å². The number of nitrogens with zero attached hydrogens (tertiary/aromatic N) is 2. The van der Waals surface area contributed by atoms with Gasteiger partial charge in [-0.15, -0.1) is 0 Å². The Morgan fingerprint density at radius 3 is 2.76 bits per heavy atom. The first kappa shape index (κ1) is 17.1. The minimum atomic E-state index is -0.532. The van der Waals surface area contributed by atoms with Crippen molar-refractivity contribution in [3.05, 3.63) is 43.5 Å². The summed E-state index contributed by atoms with van der Waals surface area (Å²) in [5, 5.41) is 4.28. The average molecular weight is 343 g/mol. The number of nitrogens with one attached hydrogen (secondary N) is 1. The molecule has 7 nitrogen and oxygen atoms in total. The molecule has 1 aliphatic rings. The van der Waals surface area contributed by atoms with Gasteiger partial charge in [0.1, 0.15) is 5.39 Å². The molecule has 1 aliphatic carbocycles. The summed E-state index contributed by atoms with van der Waals surface area (Å²) in [6.45, 7) is 8.15. The number of aromatic nitrogens is 2. The number of fused-ring (bicyclic) bond motifs is 1. The number of allylic oxidation sites excluding steroid dienone is 2. The first-order chi connectivity index (χ1) is 11.8. The third kappa shape index (κ3) is 3.55. The molecule has 0 spiro atoms. The van der Waals surface area contributed by atoms with Crippen LogP contribution in [0.4, 0.5) is 0 Å². The van der Waals surface area contributed by atoms with Gasteiger partial charge < -0.3 is 9.25 Å². The number of oxime groups is 1. The first-order valence-corrected chi connectivity index (χ1v) is 8.32. The van der Waals surface area contributed by atoms with Gasteiger partial charge in [0.05, 0.1) is 5.71 Å². The molecule has 7 heteroatoms. The van der Waals surface area contributed by atoms with Crippen LogP contribution >= 0.6 is 0 Å². The lowest BCUT2D eigenvalue weighted by atomic mass is 9.89. The molecule has 2 aromatic heterocycles. The molecule has 2 heterocycles. The van der Waals surface area contributed by atoms with Crippen LogP contribution in [0.3, 0.4) is 0 Å². The zero-order valence-corrected chi connectivity index (χ0v) is 14.8. The summed E-state index contributed by atoms with van der Waals surface area (Å²) in [4.78, 5) is 36.1. The van der Waals surface area contributed by atoms with Crippen molar-refractivity contribution in [3.8, 4) is 6.01 Å². The van der Waals surface area contributed by atoms with Gasteiger partial charge >= 0.3 is 11.6 Å². The molecule has 0 atom stereocenters. The van der Waals surface area contributed by atoms with Gasteiger partial charge in [-0.05, 0) is 43.7 Å². The van der Waals surface area contributed by atoms with Gasteiger partial charge in [-0.1, -0.05) is 24.6 Å². The predicted molar refractivity (Wildman–Crippen MR) is 95.1 cm³/mol. The molecule has 3 rings (SSSR count). The van der Waals surface area contributed by atoms with E-state index in [1.54, 1.807) is 0 Å². The third-order valence-electron chi connectivity index (χ3n) is 4.41. The summed E-state index contributed by atoms with van der Waals surface area (Å²) < 4.78 is 5.09. The minimum absolute atomic E-state index is 0.0257. The Hall–Kier alpha value is -2.70. The second kappa shape index (κ2) is 6.66. The molecule has 25 heavy (non-hydrogen) atoms. The van der Waals surface area contributed by atoms with Crippen molar-refractivity contribution in [2.45, 2.75) is 47.0 Å². The van der Waals surface area contributed by atoms with E-state index in [1.165, 1.54) is 11.6 Å². The number of H-pyrrole nitrogens is 1. The van der Waals surface area contributed by atoms with Crippen LogP contribution in [-0.2, 0) is 6.42 Å².